The van der Waals surface area contributed by atoms with Crippen LogP contribution in [0, 0.1) is 11.3 Å². The van der Waals surface area contributed by atoms with Gasteiger partial charge in [-0.2, -0.15) is 0 Å². The van der Waals surface area contributed by atoms with Crippen molar-refractivity contribution in [1.29, 1.82) is 0 Å². The molecule has 0 aromatic carbocycles. The van der Waals surface area contributed by atoms with Crippen LogP contribution in [0.5, 0.6) is 0 Å². The quantitative estimate of drug-likeness (QED) is 0.567. The average molecular weight is 167 g/mol. The highest BCUT2D eigenvalue weighted by atomic mass is 35.5. The summed E-state index contributed by atoms with van der Waals surface area (Å²) in [5.74, 6) is 2.30. The Balaban J connectivity index is 2.37. The predicted octanol–water partition coefficient (Wildman–Crippen LogP) is 2.88. The van der Waals surface area contributed by atoms with Gasteiger partial charge in [0.15, 0.2) is 0 Å². The predicted molar refractivity (Wildman–Crippen MR) is 42.3 cm³/mol. The number of rotatable bonds is 3. The van der Waals surface area contributed by atoms with Crippen molar-refractivity contribution >= 4 is 23.2 Å². The number of hydrogen-bond donors (Lipinski definition) is 0. The van der Waals surface area contributed by atoms with Crippen LogP contribution in [0.4, 0.5) is 0 Å². The van der Waals surface area contributed by atoms with Crippen molar-refractivity contribution in [2.24, 2.45) is 11.3 Å². The third kappa shape index (κ3) is 1.20. The molecule has 0 nitrogen and oxygen atoms in total. The molecule has 0 amide bonds. The topological polar surface area (TPSA) is 0 Å². The fourth-order valence-corrected chi connectivity index (χ4v) is 2.31. The summed E-state index contributed by atoms with van der Waals surface area (Å²) < 4.78 is 0. The van der Waals surface area contributed by atoms with E-state index < -0.39 is 0 Å². The Bertz CT molecular complexity index is 97.1. The molecule has 54 valence electrons. The maximum atomic E-state index is 5.74. The molecule has 0 bridgehead atoms. The van der Waals surface area contributed by atoms with Gasteiger partial charge in [-0.1, -0.05) is 13.3 Å². The lowest BCUT2D eigenvalue weighted by Crippen LogP contribution is -2.07. The summed E-state index contributed by atoms with van der Waals surface area (Å²) >= 11 is 11.5. The summed E-state index contributed by atoms with van der Waals surface area (Å²) in [6.07, 6.45) is 2.48. The minimum atomic E-state index is 0.331. The van der Waals surface area contributed by atoms with Gasteiger partial charge in [0.25, 0.3) is 0 Å². The second-order valence-corrected chi connectivity index (χ2v) is 3.47. The molecule has 0 aromatic heterocycles. The van der Waals surface area contributed by atoms with Gasteiger partial charge in [0.1, 0.15) is 0 Å². The molecular weight excluding hydrogens is 155 g/mol. The fourth-order valence-electron chi connectivity index (χ4n) is 1.37. The van der Waals surface area contributed by atoms with Crippen molar-refractivity contribution in [3.8, 4) is 0 Å². The van der Waals surface area contributed by atoms with Crippen molar-refractivity contribution in [2.75, 3.05) is 11.8 Å². The minimum Gasteiger partial charge on any atom is -0.126 e. The van der Waals surface area contributed by atoms with Crippen LogP contribution in [0.3, 0.4) is 0 Å². The van der Waals surface area contributed by atoms with Gasteiger partial charge in [-0.3, -0.25) is 0 Å². The number of halogens is 2. The molecule has 1 aliphatic carbocycles. The zero-order chi connectivity index (χ0) is 6.91. The summed E-state index contributed by atoms with van der Waals surface area (Å²) in [6.45, 7) is 2.20. The van der Waals surface area contributed by atoms with E-state index in [0.717, 1.165) is 17.7 Å². The van der Waals surface area contributed by atoms with Gasteiger partial charge >= 0.3 is 0 Å². The monoisotopic (exact) mass is 166 g/mol. The van der Waals surface area contributed by atoms with Gasteiger partial charge in [-0.05, 0) is 12.3 Å². The van der Waals surface area contributed by atoms with Crippen LogP contribution in [-0.4, -0.2) is 11.8 Å². The van der Waals surface area contributed by atoms with Crippen LogP contribution in [0.2, 0.25) is 0 Å². The van der Waals surface area contributed by atoms with Crippen LogP contribution in [0.25, 0.3) is 0 Å². The smallest absolute Gasteiger partial charge is 0.0294 e. The fraction of sp³-hybridized carbons (Fsp3) is 1.00. The van der Waals surface area contributed by atoms with Crippen LogP contribution in [0.15, 0.2) is 0 Å². The minimum absolute atomic E-state index is 0.331. The second-order valence-electron chi connectivity index (χ2n) is 2.94. The average Bonchev–Trinajstić information content (AvgIpc) is 2.63. The van der Waals surface area contributed by atoms with Gasteiger partial charge in [-0.15, -0.1) is 23.2 Å². The van der Waals surface area contributed by atoms with E-state index in [0.29, 0.717) is 5.41 Å². The first kappa shape index (κ1) is 7.68. The molecule has 0 spiro atoms. The molecule has 0 radical (unpaired) electrons. The standard InChI is InChI=1S/C7H12Cl2/c1-2-6-3-7(6,4-8)5-9/h6H,2-5H2,1H3. The number of hydrogen-bond acceptors (Lipinski definition) is 0. The number of alkyl halides is 2. The highest BCUT2D eigenvalue weighted by molar-refractivity contribution is 6.21. The molecule has 1 fully saturated rings. The van der Waals surface area contributed by atoms with Crippen molar-refractivity contribution < 1.29 is 0 Å². The van der Waals surface area contributed by atoms with Crippen LogP contribution in [-0.2, 0) is 0 Å². The van der Waals surface area contributed by atoms with E-state index in [-0.39, 0.29) is 0 Å². The zero-order valence-corrected chi connectivity index (χ0v) is 7.17. The van der Waals surface area contributed by atoms with Gasteiger partial charge in [0.2, 0.25) is 0 Å². The Kier molecular flexibility index (Phi) is 2.28. The first-order valence-corrected chi connectivity index (χ1v) is 4.48. The molecule has 1 aliphatic rings. The normalized spacial score (nSPS) is 30.3. The third-order valence-corrected chi connectivity index (χ3v) is 3.45. The molecule has 2 heteroatoms. The SMILES string of the molecule is CCC1CC1(CCl)CCl. The van der Waals surface area contributed by atoms with E-state index in [4.69, 9.17) is 23.2 Å². The first-order valence-electron chi connectivity index (χ1n) is 3.41. The molecule has 1 rings (SSSR count). The van der Waals surface area contributed by atoms with E-state index in [1.54, 1.807) is 0 Å². The molecular formula is C7H12Cl2. The molecule has 0 N–H and O–H groups in total. The van der Waals surface area contributed by atoms with E-state index >= 15 is 0 Å². The molecule has 1 atom stereocenters. The summed E-state index contributed by atoms with van der Waals surface area (Å²) in [6, 6.07) is 0. The van der Waals surface area contributed by atoms with E-state index in [9.17, 15) is 0 Å². The van der Waals surface area contributed by atoms with E-state index in [1.807, 2.05) is 0 Å². The van der Waals surface area contributed by atoms with Gasteiger partial charge in [-0.25, -0.2) is 0 Å². The molecule has 0 aromatic rings. The van der Waals surface area contributed by atoms with E-state index in [2.05, 4.69) is 6.92 Å². The third-order valence-electron chi connectivity index (χ3n) is 2.38. The Morgan fingerprint density at radius 3 is 2.11 bits per heavy atom. The van der Waals surface area contributed by atoms with Crippen LogP contribution >= 0.6 is 23.2 Å². The Morgan fingerprint density at radius 1 is 1.44 bits per heavy atom. The van der Waals surface area contributed by atoms with Crippen LogP contribution in [0.1, 0.15) is 19.8 Å². The lowest BCUT2D eigenvalue weighted by Gasteiger charge is -2.06. The molecule has 0 aliphatic heterocycles. The molecule has 0 heterocycles. The van der Waals surface area contributed by atoms with Gasteiger partial charge in [0, 0.05) is 17.2 Å². The summed E-state index contributed by atoms with van der Waals surface area (Å²) in [5, 5.41) is 0. The lowest BCUT2D eigenvalue weighted by molar-refractivity contribution is 0.562. The molecule has 1 saturated carbocycles. The molecule has 1 unspecified atom stereocenters. The van der Waals surface area contributed by atoms with E-state index in [1.165, 1.54) is 12.8 Å². The highest BCUT2D eigenvalue weighted by Gasteiger charge is 2.51. The largest absolute Gasteiger partial charge is 0.126 e. The maximum absolute atomic E-state index is 5.74. The summed E-state index contributed by atoms with van der Waals surface area (Å²) in [5.41, 5.74) is 0.331. The van der Waals surface area contributed by atoms with Crippen molar-refractivity contribution in [2.45, 2.75) is 19.8 Å². The zero-order valence-electron chi connectivity index (χ0n) is 5.66. The maximum Gasteiger partial charge on any atom is 0.0294 e. The van der Waals surface area contributed by atoms with Crippen LogP contribution < -0.4 is 0 Å². The highest BCUT2D eigenvalue weighted by Crippen LogP contribution is 2.55. The first-order chi connectivity index (χ1) is 4.29. The molecule has 9 heavy (non-hydrogen) atoms. The second kappa shape index (κ2) is 2.67. The Hall–Kier alpha value is 0.580. The van der Waals surface area contributed by atoms with Crippen molar-refractivity contribution in [3.05, 3.63) is 0 Å². The lowest BCUT2D eigenvalue weighted by atomic mass is 10.1. The Morgan fingerprint density at radius 2 is 2.00 bits per heavy atom. The summed E-state index contributed by atoms with van der Waals surface area (Å²) in [4.78, 5) is 0. The van der Waals surface area contributed by atoms with Crippen molar-refractivity contribution in [1.82, 2.24) is 0 Å². The summed E-state index contributed by atoms with van der Waals surface area (Å²) in [7, 11) is 0. The Labute approximate surface area is 66.5 Å². The van der Waals surface area contributed by atoms with Crippen molar-refractivity contribution in [3.63, 3.8) is 0 Å². The van der Waals surface area contributed by atoms with Gasteiger partial charge in [0.05, 0.1) is 0 Å². The molecule has 0 saturated heterocycles. The van der Waals surface area contributed by atoms with Gasteiger partial charge < -0.3 is 0 Å².